The molecule has 0 aromatic carbocycles. The third-order valence-electron chi connectivity index (χ3n) is 2.25. The number of allylic oxidation sites excluding steroid dienone is 1. The molecule has 3 N–H and O–H groups in total. The van der Waals surface area contributed by atoms with E-state index in [4.69, 9.17) is 15.6 Å². The Kier molecular flexibility index (Phi) is 18.2. The van der Waals surface area contributed by atoms with Gasteiger partial charge < -0.3 is 10.8 Å². The zero-order valence-electron chi connectivity index (χ0n) is 13.1. The van der Waals surface area contributed by atoms with E-state index in [-0.39, 0.29) is 6.47 Å². The molecule has 118 valence electrons. The fraction of sp³-hybridized carbons (Fsp3) is 0.438. The summed E-state index contributed by atoms with van der Waals surface area (Å²) < 4.78 is 0. The van der Waals surface area contributed by atoms with Crippen LogP contribution in [0.2, 0.25) is 0 Å². The highest BCUT2D eigenvalue weighted by molar-refractivity contribution is 5.78. The molecule has 21 heavy (non-hydrogen) atoms. The number of nitrogens with zero attached hydrogens (tertiary/aromatic N) is 2. The highest BCUT2D eigenvalue weighted by atomic mass is 16.3. The highest BCUT2D eigenvalue weighted by Crippen LogP contribution is 2.00. The van der Waals surface area contributed by atoms with Gasteiger partial charge in [0.1, 0.15) is 0 Å². The van der Waals surface area contributed by atoms with Gasteiger partial charge in [0.25, 0.3) is 6.47 Å². The maximum Gasteiger partial charge on any atom is 0.290 e. The van der Waals surface area contributed by atoms with Gasteiger partial charge in [-0.2, -0.15) is 0 Å². The molecule has 0 aliphatic rings. The smallest absolute Gasteiger partial charge is 0.290 e. The van der Waals surface area contributed by atoms with Crippen LogP contribution in [0.5, 0.6) is 0 Å². The molecule has 1 atom stereocenters. The summed E-state index contributed by atoms with van der Waals surface area (Å²) in [5.41, 5.74) is 6.57. The molecular formula is C16H27N3O2. The lowest BCUT2D eigenvalue weighted by Crippen LogP contribution is -2.04. The molecule has 0 amide bonds. The summed E-state index contributed by atoms with van der Waals surface area (Å²) in [5, 5.41) is 6.89. The Morgan fingerprint density at radius 3 is 2.48 bits per heavy atom. The number of nitrogens with two attached hydrogens (primary N) is 1. The normalized spacial score (nSPS) is 11.2. The van der Waals surface area contributed by atoms with Gasteiger partial charge in [-0.05, 0) is 50.1 Å². The van der Waals surface area contributed by atoms with Crippen molar-refractivity contribution in [2.24, 2.45) is 10.7 Å². The number of rotatable bonds is 6. The van der Waals surface area contributed by atoms with Crippen LogP contribution in [0, 0.1) is 0 Å². The van der Waals surface area contributed by atoms with E-state index in [1.807, 2.05) is 44.3 Å². The summed E-state index contributed by atoms with van der Waals surface area (Å²) in [5.74, 6) is 0. The first-order chi connectivity index (χ1) is 10.2. The van der Waals surface area contributed by atoms with Crippen molar-refractivity contribution >= 4 is 18.8 Å². The fourth-order valence-corrected chi connectivity index (χ4v) is 1.31. The average Bonchev–Trinajstić information content (AvgIpc) is 2.53. The van der Waals surface area contributed by atoms with E-state index < -0.39 is 0 Å². The second-order valence-corrected chi connectivity index (χ2v) is 3.82. The quantitative estimate of drug-likeness (QED) is 0.623. The van der Waals surface area contributed by atoms with Gasteiger partial charge in [0, 0.05) is 24.7 Å². The van der Waals surface area contributed by atoms with Crippen LogP contribution in [0.15, 0.2) is 35.6 Å². The first kappa shape index (κ1) is 21.3. The van der Waals surface area contributed by atoms with Crippen LogP contribution in [-0.4, -0.2) is 35.4 Å². The van der Waals surface area contributed by atoms with Gasteiger partial charge in [0.2, 0.25) is 0 Å². The lowest BCUT2D eigenvalue weighted by molar-refractivity contribution is -0.122. The monoisotopic (exact) mass is 293 g/mol. The van der Waals surface area contributed by atoms with Crippen molar-refractivity contribution in [3.63, 3.8) is 0 Å². The molecule has 1 unspecified atom stereocenters. The zero-order chi connectivity index (χ0) is 16.3. The van der Waals surface area contributed by atoms with Crippen molar-refractivity contribution in [1.82, 2.24) is 4.98 Å². The van der Waals surface area contributed by atoms with Crippen molar-refractivity contribution in [3.05, 3.63) is 36.2 Å². The van der Waals surface area contributed by atoms with Crippen molar-refractivity contribution in [3.8, 4) is 0 Å². The summed E-state index contributed by atoms with van der Waals surface area (Å²) in [6.07, 6.45) is 11.5. The Morgan fingerprint density at radius 1 is 1.38 bits per heavy atom. The fourth-order valence-electron chi connectivity index (χ4n) is 1.31. The molecule has 0 aliphatic carbocycles. The topological polar surface area (TPSA) is 88.6 Å². The van der Waals surface area contributed by atoms with E-state index in [1.54, 1.807) is 12.4 Å². The predicted octanol–water partition coefficient (Wildman–Crippen LogP) is 3.02. The number of aromatic nitrogens is 1. The van der Waals surface area contributed by atoms with Gasteiger partial charge in [0.05, 0.1) is 0 Å². The van der Waals surface area contributed by atoms with E-state index in [1.165, 1.54) is 0 Å². The van der Waals surface area contributed by atoms with Crippen LogP contribution >= 0.6 is 0 Å². The Balaban J connectivity index is 0. The molecule has 1 aromatic rings. The molecule has 1 aromatic heterocycles. The van der Waals surface area contributed by atoms with Gasteiger partial charge in [-0.1, -0.05) is 19.9 Å². The van der Waals surface area contributed by atoms with Crippen molar-refractivity contribution in [2.45, 2.75) is 39.7 Å². The summed E-state index contributed by atoms with van der Waals surface area (Å²) in [4.78, 5) is 16.7. The van der Waals surface area contributed by atoms with Gasteiger partial charge in [-0.15, -0.1) is 0 Å². The SMILES string of the molecule is CC.CC(CCCN)N=C/C=C/c1ccncc1.O=CO. The largest absolute Gasteiger partial charge is 0.483 e. The molecule has 1 rings (SSSR count). The lowest BCUT2D eigenvalue weighted by Gasteiger charge is -2.02. The number of carbonyl (C=O) groups is 1. The van der Waals surface area contributed by atoms with Gasteiger partial charge in [0.15, 0.2) is 0 Å². The maximum absolute atomic E-state index is 8.36. The predicted molar refractivity (Wildman–Crippen MR) is 89.6 cm³/mol. The Morgan fingerprint density at radius 2 is 1.95 bits per heavy atom. The minimum atomic E-state index is -0.250. The first-order valence-corrected chi connectivity index (χ1v) is 7.12. The average molecular weight is 293 g/mol. The maximum atomic E-state index is 8.36. The molecule has 0 spiro atoms. The van der Waals surface area contributed by atoms with E-state index in [2.05, 4.69) is 16.9 Å². The zero-order valence-corrected chi connectivity index (χ0v) is 13.1. The van der Waals surface area contributed by atoms with Crippen LogP contribution in [0.3, 0.4) is 0 Å². The second kappa shape index (κ2) is 18.0. The minimum absolute atomic E-state index is 0.250. The van der Waals surface area contributed by atoms with Crippen LogP contribution in [0.25, 0.3) is 6.08 Å². The molecule has 0 saturated heterocycles. The summed E-state index contributed by atoms with van der Waals surface area (Å²) in [6, 6.07) is 4.27. The third-order valence-corrected chi connectivity index (χ3v) is 2.25. The molecule has 1 heterocycles. The Bertz CT molecular complexity index is 378. The molecule has 0 fully saturated rings. The van der Waals surface area contributed by atoms with Crippen molar-refractivity contribution in [1.29, 1.82) is 0 Å². The highest BCUT2D eigenvalue weighted by Gasteiger charge is 1.94. The van der Waals surface area contributed by atoms with Crippen LogP contribution < -0.4 is 5.73 Å². The summed E-state index contributed by atoms with van der Waals surface area (Å²) in [6.45, 7) is 6.60. The van der Waals surface area contributed by atoms with Crippen molar-refractivity contribution in [2.75, 3.05) is 6.54 Å². The van der Waals surface area contributed by atoms with Crippen LogP contribution in [-0.2, 0) is 4.79 Å². The summed E-state index contributed by atoms with van der Waals surface area (Å²) in [7, 11) is 0. The van der Waals surface area contributed by atoms with Gasteiger partial charge in [-0.3, -0.25) is 14.8 Å². The molecule has 5 heteroatoms. The number of hydrogen-bond donors (Lipinski definition) is 2. The number of aliphatic imine (C=N–C) groups is 1. The number of carboxylic acid groups (broad SMARTS) is 1. The van der Waals surface area contributed by atoms with E-state index >= 15 is 0 Å². The minimum Gasteiger partial charge on any atom is -0.483 e. The molecule has 5 nitrogen and oxygen atoms in total. The molecule has 0 saturated carbocycles. The molecule has 0 radical (unpaired) electrons. The summed E-state index contributed by atoms with van der Waals surface area (Å²) >= 11 is 0. The van der Waals surface area contributed by atoms with E-state index in [0.29, 0.717) is 6.04 Å². The van der Waals surface area contributed by atoms with Crippen LogP contribution in [0.1, 0.15) is 39.2 Å². The molecule has 0 aliphatic heterocycles. The van der Waals surface area contributed by atoms with E-state index in [9.17, 15) is 0 Å². The van der Waals surface area contributed by atoms with Crippen LogP contribution in [0.4, 0.5) is 0 Å². The second-order valence-electron chi connectivity index (χ2n) is 3.82. The van der Waals surface area contributed by atoms with Gasteiger partial charge in [-0.25, -0.2) is 0 Å². The van der Waals surface area contributed by atoms with Gasteiger partial charge >= 0.3 is 0 Å². The molecular weight excluding hydrogens is 266 g/mol. The standard InChI is InChI=1S/C13H19N3.C2H6.CH2O2/c1-12(4-2-8-14)16-9-3-5-13-6-10-15-11-7-13;1-2;2-1-3/h3,5-7,9-12H,2,4,8,14H2,1H3;1-2H3;1H,(H,2,3)/b5-3+,16-9?;;. The van der Waals surface area contributed by atoms with Crippen molar-refractivity contribution < 1.29 is 9.90 Å². The first-order valence-electron chi connectivity index (χ1n) is 7.12. The Labute approximate surface area is 127 Å². The number of hydrogen-bond acceptors (Lipinski definition) is 4. The number of pyridine rings is 1. The molecule has 0 bridgehead atoms. The Hall–Kier alpha value is -2.01. The third kappa shape index (κ3) is 15.9. The lowest BCUT2D eigenvalue weighted by atomic mass is 10.2. The van der Waals surface area contributed by atoms with E-state index in [0.717, 1.165) is 24.9 Å².